The number of hydrogen-bond donors (Lipinski definition) is 2. The molecule has 0 saturated carbocycles. The second kappa shape index (κ2) is 5.03. The lowest BCUT2D eigenvalue weighted by Gasteiger charge is -2.05. The van der Waals surface area contributed by atoms with Crippen molar-refractivity contribution in [2.45, 2.75) is 6.54 Å². The molecule has 0 radical (unpaired) electrons. The lowest BCUT2D eigenvalue weighted by Crippen LogP contribution is -2.02. The van der Waals surface area contributed by atoms with Crippen LogP contribution in [0.1, 0.15) is 0 Å². The molecule has 0 spiro atoms. The Kier molecular flexibility index (Phi) is 3.07. The summed E-state index contributed by atoms with van der Waals surface area (Å²) in [5.41, 5.74) is 2.35. The van der Waals surface area contributed by atoms with Crippen molar-refractivity contribution < 1.29 is 5.11 Å². The fraction of sp³-hybridized carbons (Fsp3) is 0.154. The average molecular weight is 255 g/mol. The molecule has 2 heterocycles. The van der Waals surface area contributed by atoms with Crippen molar-refractivity contribution in [3.63, 3.8) is 0 Å². The molecule has 6 heteroatoms. The Hall–Kier alpha value is -2.47. The third-order valence-corrected chi connectivity index (χ3v) is 2.78. The largest absolute Gasteiger partial charge is 0.395 e. The Morgan fingerprint density at radius 1 is 1.11 bits per heavy atom. The minimum atomic E-state index is 0.0525. The van der Waals surface area contributed by atoms with Crippen molar-refractivity contribution in [3.8, 4) is 0 Å². The van der Waals surface area contributed by atoms with E-state index < -0.39 is 0 Å². The topological polar surface area (TPSA) is 75.9 Å². The smallest absolute Gasteiger partial charge is 0.165 e. The predicted molar refractivity (Wildman–Crippen MR) is 72.1 cm³/mol. The molecule has 0 aliphatic rings. The van der Waals surface area contributed by atoms with E-state index >= 15 is 0 Å². The number of rotatable bonds is 4. The van der Waals surface area contributed by atoms with Gasteiger partial charge in [-0.3, -0.25) is 0 Å². The number of nitrogens with zero attached hydrogens (tertiary/aromatic N) is 4. The number of aliphatic hydroxyl groups is 1. The molecule has 3 rings (SSSR count). The lowest BCUT2D eigenvalue weighted by molar-refractivity contribution is 0.277. The van der Waals surface area contributed by atoms with E-state index in [1.54, 1.807) is 10.9 Å². The molecular weight excluding hydrogens is 242 g/mol. The van der Waals surface area contributed by atoms with Gasteiger partial charge in [-0.1, -0.05) is 18.2 Å². The van der Waals surface area contributed by atoms with E-state index in [1.807, 2.05) is 30.3 Å². The Labute approximate surface area is 109 Å². The van der Waals surface area contributed by atoms with Gasteiger partial charge in [-0.2, -0.15) is 0 Å². The van der Waals surface area contributed by atoms with Crippen LogP contribution in [0.4, 0.5) is 11.5 Å². The van der Waals surface area contributed by atoms with Crippen LogP contribution in [0.25, 0.3) is 11.2 Å². The highest BCUT2D eigenvalue weighted by Crippen LogP contribution is 2.21. The van der Waals surface area contributed by atoms with E-state index in [9.17, 15) is 0 Å². The molecule has 0 unspecified atom stereocenters. The minimum Gasteiger partial charge on any atom is -0.395 e. The third-order valence-electron chi connectivity index (χ3n) is 2.78. The fourth-order valence-electron chi connectivity index (χ4n) is 1.90. The van der Waals surface area contributed by atoms with E-state index in [0.717, 1.165) is 5.69 Å². The molecule has 2 aromatic heterocycles. The van der Waals surface area contributed by atoms with Crippen LogP contribution < -0.4 is 5.32 Å². The summed E-state index contributed by atoms with van der Waals surface area (Å²) < 4.78 is 1.80. The summed E-state index contributed by atoms with van der Waals surface area (Å²) in [6.45, 7) is 0.523. The van der Waals surface area contributed by atoms with Crippen LogP contribution in [0.15, 0.2) is 43.0 Å². The molecule has 0 aliphatic carbocycles. The van der Waals surface area contributed by atoms with Crippen LogP contribution in [-0.2, 0) is 6.54 Å². The molecule has 0 bridgehead atoms. The Morgan fingerprint density at radius 2 is 1.95 bits per heavy atom. The second-order valence-electron chi connectivity index (χ2n) is 4.05. The maximum absolute atomic E-state index is 8.99. The molecule has 96 valence electrons. The number of benzene rings is 1. The first-order valence-corrected chi connectivity index (χ1v) is 5.97. The van der Waals surface area contributed by atoms with E-state index in [1.165, 1.54) is 6.33 Å². The first-order chi connectivity index (χ1) is 9.38. The van der Waals surface area contributed by atoms with E-state index in [0.29, 0.717) is 23.5 Å². The highest BCUT2D eigenvalue weighted by Gasteiger charge is 2.09. The number of fused-ring (bicyclic) bond motifs is 1. The van der Waals surface area contributed by atoms with Gasteiger partial charge in [-0.15, -0.1) is 0 Å². The number of hydrogen-bond acceptors (Lipinski definition) is 5. The van der Waals surface area contributed by atoms with Crippen molar-refractivity contribution in [2.24, 2.45) is 0 Å². The molecule has 2 N–H and O–H groups in total. The van der Waals surface area contributed by atoms with Gasteiger partial charge >= 0.3 is 0 Å². The van der Waals surface area contributed by atoms with Crippen LogP contribution in [0.2, 0.25) is 0 Å². The number of para-hydroxylation sites is 1. The van der Waals surface area contributed by atoms with Crippen LogP contribution in [-0.4, -0.2) is 31.2 Å². The van der Waals surface area contributed by atoms with Crippen molar-refractivity contribution in [3.05, 3.63) is 43.0 Å². The number of imidazole rings is 1. The van der Waals surface area contributed by atoms with Crippen LogP contribution in [0.5, 0.6) is 0 Å². The molecular formula is C13H13N5O. The molecule has 0 atom stereocenters. The first kappa shape index (κ1) is 11.6. The number of anilines is 2. The fourth-order valence-corrected chi connectivity index (χ4v) is 1.90. The molecule has 3 aromatic rings. The van der Waals surface area contributed by atoms with Crippen molar-refractivity contribution in [2.75, 3.05) is 11.9 Å². The van der Waals surface area contributed by atoms with E-state index in [2.05, 4.69) is 20.3 Å². The molecule has 0 fully saturated rings. The van der Waals surface area contributed by atoms with Crippen molar-refractivity contribution >= 4 is 22.7 Å². The molecule has 0 amide bonds. The number of aliphatic hydroxyl groups excluding tert-OH is 1. The van der Waals surface area contributed by atoms with Gasteiger partial charge in [-0.05, 0) is 12.1 Å². The van der Waals surface area contributed by atoms with Crippen LogP contribution >= 0.6 is 0 Å². The van der Waals surface area contributed by atoms with Gasteiger partial charge in [0.25, 0.3) is 0 Å². The third kappa shape index (κ3) is 2.25. The SMILES string of the molecule is OCCn1cnc2c(Nc3ccccc3)ncnc21. The van der Waals surface area contributed by atoms with Crippen LogP contribution in [0.3, 0.4) is 0 Å². The lowest BCUT2D eigenvalue weighted by atomic mass is 10.3. The van der Waals surface area contributed by atoms with Gasteiger partial charge in [-0.25, -0.2) is 15.0 Å². The standard InChI is InChI=1S/C13H13N5O/c19-7-6-18-9-16-11-12(14-8-15-13(11)18)17-10-4-2-1-3-5-10/h1-5,8-9,19H,6-7H2,(H,14,15,17). The summed E-state index contributed by atoms with van der Waals surface area (Å²) in [5.74, 6) is 0.660. The summed E-state index contributed by atoms with van der Waals surface area (Å²) in [7, 11) is 0. The summed E-state index contributed by atoms with van der Waals surface area (Å²) >= 11 is 0. The minimum absolute atomic E-state index is 0.0525. The zero-order chi connectivity index (χ0) is 13.1. The van der Waals surface area contributed by atoms with E-state index in [4.69, 9.17) is 5.11 Å². The van der Waals surface area contributed by atoms with Gasteiger partial charge in [0.2, 0.25) is 0 Å². The Bertz CT molecular complexity index is 680. The van der Waals surface area contributed by atoms with Gasteiger partial charge in [0.15, 0.2) is 17.0 Å². The molecule has 1 aromatic carbocycles. The number of nitrogens with one attached hydrogen (secondary N) is 1. The van der Waals surface area contributed by atoms with Gasteiger partial charge < -0.3 is 15.0 Å². The maximum Gasteiger partial charge on any atom is 0.165 e. The quantitative estimate of drug-likeness (QED) is 0.740. The predicted octanol–water partition coefficient (Wildman–Crippen LogP) is 1.56. The summed E-state index contributed by atoms with van der Waals surface area (Å²) in [4.78, 5) is 12.7. The molecule has 0 saturated heterocycles. The van der Waals surface area contributed by atoms with E-state index in [-0.39, 0.29) is 6.61 Å². The highest BCUT2D eigenvalue weighted by molar-refractivity contribution is 5.84. The van der Waals surface area contributed by atoms with Crippen molar-refractivity contribution in [1.82, 2.24) is 19.5 Å². The zero-order valence-corrected chi connectivity index (χ0v) is 10.2. The summed E-state index contributed by atoms with van der Waals surface area (Å²) in [6.07, 6.45) is 3.15. The average Bonchev–Trinajstić information content (AvgIpc) is 2.85. The summed E-state index contributed by atoms with van der Waals surface area (Å²) in [6, 6.07) is 9.77. The van der Waals surface area contributed by atoms with Crippen LogP contribution in [0, 0.1) is 0 Å². The maximum atomic E-state index is 8.99. The van der Waals surface area contributed by atoms with Gasteiger partial charge in [0, 0.05) is 12.2 Å². The first-order valence-electron chi connectivity index (χ1n) is 5.97. The molecule has 0 aliphatic heterocycles. The monoisotopic (exact) mass is 255 g/mol. The Balaban J connectivity index is 2.00. The van der Waals surface area contributed by atoms with Gasteiger partial charge in [0.05, 0.1) is 12.9 Å². The number of aromatic nitrogens is 4. The molecule has 6 nitrogen and oxygen atoms in total. The highest BCUT2D eigenvalue weighted by atomic mass is 16.3. The second-order valence-corrected chi connectivity index (χ2v) is 4.05. The Morgan fingerprint density at radius 3 is 2.74 bits per heavy atom. The molecule has 19 heavy (non-hydrogen) atoms. The normalized spacial score (nSPS) is 10.8. The summed E-state index contributed by atoms with van der Waals surface area (Å²) in [5, 5.41) is 12.2. The van der Waals surface area contributed by atoms with Crippen molar-refractivity contribution in [1.29, 1.82) is 0 Å². The zero-order valence-electron chi connectivity index (χ0n) is 10.2. The van der Waals surface area contributed by atoms with Gasteiger partial charge in [0.1, 0.15) is 6.33 Å².